The zero-order valence-corrected chi connectivity index (χ0v) is 20.6. The van der Waals surface area contributed by atoms with Crippen molar-refractivity contribution in [2.45, 2.75) is 6.42 Å². The van der Waals surface area contributed by atoms with E-state index < -0.39 is 0 Å². The monoisotopic (exact) mass is 476 g/mol. The topological polar surface area (TPSA) is 74.8 Å². The Bertz CT molecular complexity index is 1350. The molecule has 2 aromatic carbocycles. The maximum Gasteiger partial charge on any atom is 0.263 e. The number of fused-ring (bicyclic) bond motifs is 2. The Balaban J connectivity index is 1.58. The van der Waals surface area contributed by atoms with Crippen molar-refractivity contribution in [2.75, 3.05) is 41.3 Å². The lowest BCUT2D eigenvalue weighted by Crippen LogP contribution is -2.29. The van der Waals surface area contributed by atoms with Crippen LogP contribution in [0.2, 0.25) is 0 Å². The molecule has 0 radical (unpaired) electrons. The Kier molecular flexibility index (Phi) is 7.09. The summed E-state index contributed by atoms with van der Waals surface area (Å²) in [5.74, 6) is 1.15. The summed E-state index contributed by atoms with van der Waals surface area (Å²) in [7, 11) is 7.50. The minimum absolute atomic E-state index is 0.0138. The van der Waals surface area contributed by atoms with Crippen molar-refractivity contribution < 1.29 is 14.3 Å². The van der Waals surface area contributed by atoms with Crippen LogP contribution in [0.25, 0.3) is 21.0 Å². The predicted octanol–water partition coefficient (Wildman–Crippen LogP) is 4.63. The smallest absolute Gasteiger partial charge is 0.263 e. The van der Waals surface area contributed by atoms with Crippen LogP contribution in [-0.2, 0) is 0 Å². The molecule has 4 aromatic rings. The zero-order chi connectivity index (χ0) is 24.2. The van der Waals surface area contributed by atoms with Gasteiger partial charge in [0.05, 0.1) is 15.1 Å². The van der Waals surface area contributed by atoms with Gasteiger partial charge in [0.25, 0.3) is 11.8 Å². The van der Waals surface area contributed by atoms with E-state index in [1.165, 1.54) is 11.3 Å². The molecular formula is C26H28N4O3S. The highest BCUT2D eigenvalue weighted by atomic mass is 32.1. The Morgan fingerprint density at radius 3 is 2.65 bits per heavy atom. The van der Waals surface area contributed by atoms with Crippen molar-refractivity contribution in [3.05, 3.63) is 65.2 Å². The molecule has 0 aliphatic carbocycles. The number of hydrogen-bond acceptors (Lipinski definition) is 6. The number of nitrogens with one attached hydrogen (secondary N) is 1. The maximum atomic E-state index is 12.9. The SMILES string of the molecule is CNC(=O)c1cccc2cc(Oc3ccnc4cc(C(=O)N(C)CCCN(C)C)sc34)ccc12. The van der Waals surface area contributed by atoms with Crippen molar-refractivity contribution in [2.24, 2.45) is 0 Å². The molecule has 0 aliphatic heterocycles. The van der Waals surface area contributed by atoms with Gasteiger partial charge in [-0.25, -0.2) is 0 Å². The number of amides is 2. The van der Waals surface area contributed by atoms with Gasteiger partial charge in [-0.2, -0.15) is 0 Å². The molecule has 2 amide bonds. The summed E-state index contributed by atoms with van der Waals surface area (Å²) in [6.45, 7) is 1.62. The van der Waals surface area contributed by atoms with Crippen molar-refractivity contribution in [3.8, 4) is 11.5 Å². The average Bonchev–Trinajstić information content (AvgIpc) is 3.27. The van der Waals surface area contributed by atoms with E-state index >= 15 is 0 Å². The summed E-state index contributed by atoms with van der Waals surface area (Å²) in [6.07, 6.45) is 2.60. The van der Waals surface area contributed by atoms with E-state index in [2.05, 4.69) is 15.2 Å². The summed E-state index contributed by atoms with van der Waals surface area (Å²) in [5, 5.41) is 4.44. The number of nitrogens with zero attached hydrogens (tertiary/aromatic N) is 3. The Morgan fingerprint density at radius 2 is 1.88 bits per heavy atom. The standard InChI is InChI=1S/C26H28N4O3S/c1-27-25(31)20-8-5-7-17-15-18(9-10-19(17)20)33-22-11-12-28-21-16-23(34-24(21)22)26(32)30(4)14-6-13-29(2)3/h5,7-12,15-16H,6,13-14H2,1-4H3,(H,27,31). The van der Waals surface area contributed by atoms with Crippen LogP contribution >= 0.6 is 11.3 Å². The highest BCUT2D eigenvalue weighted by Gasteiger charge is 2.18. The van der Waals surface area contributed by atoms with Crippen LogP contribution in [0.1, 0.15) is 26.5 Å². The molecule has 0 saturated carbocycles. The molecule has 2 aromatic heterocycles. The van der Waals surface area contributed by atoms with E-state index in [4.69, 9.17) is 4.74 Å². The molecule has 0 aliphatic rings. The second-order valence-electron chi connectivity index (χ2n) is 8.39. The summed E-state index contributed by atoms with van der Waals surface area (Å²) in [4.78, 5) is 34.0. The van der Waals surface area contributed by atoms with Crippen LogP contribution in [0.3, 0.4) is 0 Å². The average molecular weight is 477 g/mol. The molecule has 4 rings (SSSR count). The molecule has 8 heteroatoms. The van der Waals surface area contributed by atoms with Crippen LogP contribution in [-0.4, -0.2) is 67.9 Å². The maximum absolute atomic E-state index is 12.9. The molecular weight excluding hydrogens is 448 g/mol. The number of pyridine rings is 1. The van der Waals surface area contributed by atoms with Crippen molar-refractivity contribution >= 4 is 44.1 Å². The van der Waals surface area contributed by atoms with Gasteiger partial charge < -0.3 is 19.9 Å². The van der Waals surface area contributed by atoms with E-state index in [1.54, 1.807) is 30.3 Å². The summed E-state index contributed by atoms with van der Waals surface area (Å²) in [5.41, 5.74) is 1.35. The quantitative estimate of drug-likeness (QED) is 0.402. The normalized spacial score (nSPS) is 11.2. The molecule has 0 saturated heterocycles. The minimum Gasteiger partial charge on any atom is -0.456 e. The predicted molar refractivity (Wildman–Crippen MR) is 137 cm³/mol. The first-order chi connectivity index (χ1) is 16.4. The van der Waals surface area contributed by atoms with Crippen LogP contribution in [0.15, 0.2) is 54.7 Å². The first kappa shape index (κ1) is 23.7. The summed E-state index contributed by atoms with van der Waals surface area (Å²) >= 11 is 1.39. The lowest BCUT2D eigenvalue weighted by Gasteiger charge is -2.17. The third-order valence-corrected chi connectivity index (χ3v) is 6.71. The second kappa shape index (κ2) is 10.2. The van der Waals surface area contributed by atoms with Crippen LogP contribution in [0.5, 0.6) is 11.5 Å². The first-order valence-corrected chi connectivity index (χ1v) is 11.9. The van der Waals surface area contributed by atoms with E-state index in [0.717, 1.165) is 34.0 Å². The minimum atomic E-state index is -0.127. The van der Waals surface area contributed by atoms with Crippen LogP contribution in [0.4, 0.5) is 0 Å². The number of benzene rings is 2. The van der Waals surface area contributed by atoms with Gasteiger partial charge in [-0.3, -0.25) is 14.6 Å². The largest absolute Gasteiger partial charge is 0.456 e. The molecule has 7 nitrogen and oxygen atoms in total. The lowest BCUT2D eigenvalue weighted by molar-refractivity contribution is 0.0795. The first-order valence-electron chi connectivity index (χ1n) is 11.1. The van der Waals surface area contributed by atoms with E-state index in [1.807, 2.05) is 57.5 Å². The molecule has 0 atom stereocenters. The van der Waals surface area contributed by atoms with E-state index in [0.29, 0.717) is 28.5 Å². The molecule has 1 N–H and O–H groups in total. The van der Waals surface area contributed by atoms with Crippen LogP contribution in [0, 0.1) is 0 Å². The van der Waals surface area contributed by atoms with Gasteiger partial charge in [0, 0.05) is 38.5 Å². The van der Waals surface area contributed by atoms with Crippen molar-refractivity contribution in [1.82, 2.24) is 20.1 Å². The number of thiophene rings is 1. The third kappa shape index (κ3) is 5.03. The number of carbonyl (C=O) groups excluding carboxylic acids is 2. The zero-order valence-electron chi connectivity index (χ0n) is 19.8. The van der Waals surface area contributed by atoms with Crippen LogP contribution < -0.4 is 10.1 Å². The van der Waals surface area contributed by atoms with Gasteiger partial charge in [-0.05, 0) is 68.2 Å². The van der Waals surface area contributed by atoms with Gasteiger partial charge in [-0.1, -0.05) is 12.1 Å². The number of carbonyl (C=O) groups is 2. The van der Waals surface area contributed by atoms with Gasteiger partial charge in [0.1, 0.15) is 11.5 Å². The van der Waals surface area contributed by atoms with E-state index in [9.17, 15) is 9.59 Å². The third-order valence-electron chi connectivity index (χ3n) is 5.58. The molecule has 34 heavy (non-hydrogen) atoms. The molecule has 176 valence electrons. The number of rotatable bonds is 8. The molecule has 0 unspecified atom stereocenters. The number of ether oxygens (including phenoxy) is 1. The van der Waals surface area contributed by atoms with Crippen molar-refractivity contribution in [3.63, 3.8) is 0 Å². The van der Waals surface area contributed by atoms with Gasteiger partial charge >= 0.3 is 0 Å². The summed E-state index contributed by atoms with van der Waals surface area (Å²) in [6, 6.07) is 14.9. The van der Waals surface area contributed by atoms with Gasteiger partial charge in [0.2, 0.25) is 0 Å². The Hall–Kier alpha value is -3.49. The summed E-state index contributed by atoms with van der Waals surface area (Å²) < 4.78 is 7.04. The second-order valence-corrected chi connectivity index (χ2v) is 9.44. The Labute approximate surface area is 203 Å². The number of aromatic nitrogens is 1. The Morgan fingerprint density at radius 1 is 1.06 bits per heavy atom. The fourth-order valence-corrected chi connectivity index (χ4v) is 4.86. The lowest BCUT2D eigenvalue weighted by atomic mass is 10.0. The van der Waals surface area contributed by atoms with Crippen molar-refractivity contribution in [1.29, 1.82) is 0 Å². The fraction of sp³-hybridized carbons (Fsp3) is 0.269. The highest BCUT2D eigenvalue weighted by molar-refractivity contribution is 7.21. The van der Waals surface area contributed by atoms with Gasteiger partial charge in [-0.15, -0.1) is 11.3 Å². The molecule has 0 spiro atoms. The highest BCUT2D eigenvalue weighted by Crippen LogP contribution is 2.36. The molecule has 2 heterocycles. The molecule has 0 fully saturated rings. The van der Waals surface area contributed by atoms with E-state index in [-0.39, 0.29) is 11.8 Å². The number of hydrogen-bond donors (Lipinski definition) is 1. The molecule has 0 bridgehead atoms. The fourth-order valence-electron chi connectivity index (χ4n) is 3.80. The van der Waals surface area contributed by atoms with Gasteiger partial charge in [0.15, 0.2) is 0 Å².